The third kappa shape index (κ3) is 3.28. The van der Waals surface area contributed by atoms with Crippen molar-refractivity contribution in [3.05, 3.63) is 11.9 Å². The molecule has 0 amide bonds. The molecule has 1 aromatic heterocycles. The number of H-pyrrole nitrogens is 1. The molecule has 2 heterocycles. The van der Waals surface area contributed by atoms with Crippen molar-refractivity contribution in [3.63, 3.8) is 0 Å². The van der Waals surface area contributed by atoms with Crippen LogP contribution < -0.4 is 0 Å². The van der Waals surface area contributed by atoms with E-state index in [9.17, 15) is 16.8 Å². The van der Waals surface area contributed by atoms with Gasteiger partial charge >= 0.3 is 0 Å². The molecule has 2 rings (SSSR count). The average molecular weight is 336 g/mol. The molecule has 0 bridgehead atoms. The zero-order valence-electron chi connectivity index (χ0n) is 12.3. The molecule has 0 aliphatic carbocycles. The molecule has 1 aliphatic rings. The maximum Gasteiger partial charge on any atom is 0.281 e. The zero-order chi connectivity index (χ0) is 15.8. The molecule has 1 fully saturated rings. The summed E-state index contributed by atoms with van der Waals surface area (Å²) in [7, 11) is -3.90. The Balaban J connectivity index is 2.30. The van der Waals surface area contributed by atoms with E-state index in [-0.39, 0.29) is 17.4 Å². The number of hydrogen-bond acceptors (Lipinski definition) is 5. The summed E-state index contributed by atoms with van der Waals surface area (Å²) < 4.78 is 50.4. The molecule has 1 N–H and O–H groups in total. The summed E-state index contributed by atoms with van der Waals surface area (Å²) in [6.07, 6.45) is 3.81. The van der Waals surface area contributed by atoms with E-state index in [1.807, 2.05) is 0 Å². The van der Waals surface area contributed by atoms with Gasteiger partial charge in [-0.1, -0.05) is 0 Å². The lowest BCUT2D eigenvalue weighted by Crippen LogP contribution is -2.45. The summed E-state index contributed by atoms with van der Waals surface area (Å²) in [6, 6.07) is 0. The Bertz CT molecular complexity index is 708. The zero-order valence-corrected chi connectivity index (χ0v) is 13.9. The van der Waals surface area contributed by atoms with Crippen LogP contribution in [0.3, 0.4) is 0 Å². The highest BCUT2D eigenvalue weighted by Gasteiger charge is 2.33. The number of nitrogens with one attached hydrogen (secondary N) is 1. The van der Waals surface area contributed by atoms with E-state index in [0.717, 1.165) is 12.7 Å². The Kier molecular flexibility index (Phi) is 4.43. The number of nitrogens with zero attached hydrogens (tertiary/aromatic N) is 3. The first kappa shape index (κ1) is 16.4. The van der Waals surface area contributed by atoms with E-state index in [0.29, 0.717) is 18.7 Å². The largest absolute Gasteiger partial charge is 0.281 e. The number of rotatable bonds is 4. The molecule has 0 saturated carbocycles. The van der Waals surface area contributed by atoms with Crippen LogP contribution in [0, 0.1) is 0 Å². The van der Waals surface area contributed by atoms with Crippen molar-refractivity contribution in [1.82, 2.24) is 18.8 Å². The molecule has 21 heavy (non-hydrogen) atoms. The second-order valence-corrected chi connectivity index (χ2v) is 9.53. The van der Waals surface area contributed by atoms with Crippen molar-refractivity contribution in [3.8, 4) is 0 Å². The van der Waals surface area contributed by atoms with E-state index in [4.69, 9.17) is 0 Å². The topological polar surface area (TPSA) is 103 Å². The summed E-state index contributed by atoms with van der Waals surface area (Å²) in [5, 5.41) is 6.52. The van der Waals surface area contributed by atoms with E-state index >= 15 is 0 Å². The smallest absolute Gasteiger partial charge is 0.281 e. The summed E-state index contributed by atoms with van der Waals surface area (Å²) in [5.41, 5.74) is 0.496. The van der Waals surface area contributed by atoms with Gasteiger partial charge in [0, 0.05) is 39.4 Å². The first-order valence-corrected chi connectivity index (χ1v) is 9.84. The highest BCUT2D eigenvalue weighted by molar-refractivity contribution is 7.90. The lowest BCUT2D eigenvalue weighted by atomic mass is 9.96. The maximum absolute atomic E-state index is 12.2. The molecule has 0 aromatic carbocycles. The molecule has 1 atom stereocenters. The lowest BCUT2D eigenvalue weighted by molar-refractivity contribution is 0.294. The van der Waals surface area contributed by atoms with Gasteiger partial charge in [0.1, 0.15) is 4.90 Å². The van der Waals surface area contributed by atoms with Gasteiger partial charge in [-0.3, -0.25) is 5.10 Å². The van der Waals surface area contributed by atoms with Crippen LogP contribution in [0.25, 0.3) is 0 Å². The van der Waals surface area contributed by atoms with Crippen LogP contribution in [0.2, 0.25) is 0 Å². The molecule has 1 saturated heterocycles. The van der Waals surface area contributed by atoms with Crippen LogP contribution in [0.1, 0.15) is 24.5 Å². The summed E-state index contributed by atoms with van der Waals surface area (Å²) in [5.74, 6) is -0.194. The molecule has 0 spiro atoms. The number of aromatic amines is 1. The minimum Gasteiger partial charge on any atom is -0.281 e. The van der Waals surface area contributed by atoms with Crippen molar-refractivity contribution in [2.24, 2.45) is 0 Å². The molecule has 0 unspecified atom stereocenters. The molecular weight excluding hydrogens is 316 g/mol. The fraction of sp³-hybridized carbons (Fsp3) is 0.727. The van der Waals surface area contributed by atoms with Crippen molar-refractivity contribution in [2.45, 2.75) is 23.7 Å². The molecule has 120 valence electrons. The van der Waals surface area contributed by atoms with Gasteiger partial charge < -0.3 is 0 Å². The predicted molar refractivity (Wildman–Crippen MR) is 77.9 cm³/mol. The molecule has 1 aliphatic heterocycles. The summed E-state index contributed by atoms with van der Waals surface area (Å²) in [6.45, 7) is 0.699. The van der Waals surface area contributed by atoms with E-state index < -0.39 is 20.0 Å². The fourth-order valence-electron chi connectivity index (χ4n) is 2.49. The first-order valence-electron chi connectivity index (χ1n) is 6.55. The van der Waals surface area contributed by atoms with Gasteiger partial charge in [-0.15, -0.1) is 0 Å². The van der Waals surface area contributed by atoms with Gasteiger partial charge in [0.25, 0.3) is 10.2 Å². The standard InChI is InChI=1S/C11H20N4O4S2/c1-14(2)21(18,19)15-6-4-5-9(8-15)11-10(7-12-13-11)20(3,16)17/h7,9H,4-6,8H2,1-3H3,(H,12,13)/t9-/m0/s1. The Hall–Kier alpha value is -0.970. The molecule has 8 nitrogen and oxygen atoms in total. The molecule has 1 aromatic rings. The fourth-order valence-corrected chi connectivity index (χ4v) is 4.54. The Labute approximate surface area is 125 Å². The van der Waals surface area contributed by atoms with Gasteiger partial charge in [0.2, 0.25) is 0 Å². The Morgan fingerprint density at radius 2 is 2.00 bits per heavy atom. The highest BCUT2D eigenvalue weighted by Crippen LogP contribution is 2.31. The number of sulfone groups is 1. The second-order valence-electron chi connectivity index (χ2n) is 5.41. The predicted octanol–water partition coefficient (Wildman–Crippen LogP) is -0.201. The highest BCUT2D eigenvalue weighted by atomic mass is 32.2. The second kappa shape index (κ2) is 5.67. The van der Waals surface area contributed by atoms with Crippen molar-refractivity contribution in [2.75, 3.05) is 33.4 Å². The monoisotopic (exact) mass is 336 g/mol. The minimum atomic E-state index is -3.49. The Morgan fingerprint density at radius 3 is 2.57 bits per heavy atom. The van der Waals surface area contributed by atoms with Crippen LogP contribution in [-0.4, -0.2) is 69.1 Å². The number of aromatic nitrogens is 2. The van der Waals surface area contributed by atoms with Gasteiger partial charge in [0.15, 0.2) is 9.84 Å². The first-order chi connectivity index (χ1) is 9.64. The van der Waals surface area contributed by atoms with Crippen LogP contribution in [0.5, 0.6) is 0 Å². The summed E-state index contributed by atoms with van der Waals surface area (Å²) >= 11 is 0. The van der Waals surface area contributed by atoms with Gasteiger partial charge in [-0.2, -0.15) is 22.1 Å². The van der Waals surface area contributed by atoms with Gasteiger partial charge in [0.05, 0.1) is 11.9 Å². The average Bonchev–Trinajstić information content (AvgIpc) is 2.87. The van der Waals surface area contributed by atoms with Crippen molar-refractivity contribution < 1.29 is 16.8 Å². The Morgan fingerprint density at radius 1 is 1.33 bits per heavy atom. The quantitative estimate of drug-likeness (QED) is 0.820. The maximum atomic E-state index is 12.2. The summed E-state index contributed by atoms with van der Waals surface area (Å²) in [4.78, 5) is 0.150. The number of hydrogen-bond donors (Lipinski definition) is 1. The van der Waals surface area contributed by atoms with Crippen LogP contribution >= 0.6 is 0 Å². The van der Waals surface area contributed by atoms with Crippen LogP contribution in [0.15, 0.2) is 11.1 Å². The third-order valence-corrected chi connectivity index (χ3v) is 6.64. The van der Waals surface area contributed by atoms with Gasteiger partial charge in [-0.25, -0.2) is 8.42 Å². The number of piperidine rings is 1. The van der Waals surface area contributed by atoms with E-state index in [1.165, 1.54) is 28.9 Å². The normalized spacial score (nSPS) is 21.8. The van der Waals surface area contributed by atoms with E-state index in [1.54, 1.807) is 0 Å². The molecule has 0 radical (unpaired) electrons. The van der Waals surface area contributed by atoms with Crippen molar-refractivity contribution in [1.29, 1.82) is 0 Å². The van der Waals surface area contributed by atoms with Crippen LogP contribution in [-0.2, 0) is 20.0 Å². The van der Waals surface area contributed by atoms with Crippen molar-refractivity contribution >= 4 is 20.0 Å². The van der Waals surface area contributed by atoms with E-state index in [2.05, 4.69) is 10.2 Å². The lowest BCUT2D eigenvalue weighted by Gasteiger charge is -2.33. The minimum absolute atomic E-state index is 0.150. The molecular formula is C11H20N4O4S2. The van der Waals surface area contributed by atoms with Gasteiger partial charge in [-0.05, 0) is 12.8 Å². The SMILES string of the molecule is CN(C)S(=O)(=O)N1CCC[C@H](c2[nH]ncc2S(C)(=O)=O)C1. The van der Waals surface area contributed by atoms with Crippen LogP contribution in [0.4, 0.5) is 0 Å². The third-order valence-electron chi connectivity index (χ3n) is 3.61. The molecule has 10 heteroatoms.